The summed E-state index contributed by atoms with van der Waals surface area (Å²) < 4.78 is 1.75. The molecule has 0 aliphatic heterocycles. The van der Waals surface area contributed by atoms with Gasteiger partial charge in [-0.05, 0) is 20.0 Å². The van der Waals surface area contributed by atoms with Gasteiger partial charge in [0.1, 0.15) is 0 Å². The van der Waals surface area contributed by atoms with Crippen molar-refractivity contribution in [3.8, 4) is 0 Å². The predicted molar refractivity (Wildman–Crippen MR) is 55.8 cm³/mol. The van der Waals surface area contributed by atoms with E-state index >= 15 is 0 Å². The molecule has 1 heterocycles. The molecule has 0 spiro atoms. The third-order valence-electron chi connectivity index (χ3n) is 1.94. The first-order valence-electron chi connectivity index (χ1n) is 4.18. The molecule has 0 amide bonds. The molecule has 1 unspecified atom stereocenters. The van der Waals surface area contributed by atoms with E-state index in [4.69, 9.17) is 11.6 Å². The van der Waals surface area contributed by atoms with E-state index in [2.05, 4.69) is 17.3 Å². The fourth-order valence-corrected chi connectivity index (χ4v) is 1.17. The smallest absolute Gasteiger partial charge is 0.0859 e. The van der Waals surface area contributed by atoms with Crippen molar-refractivity contribution in [1.29, 1.82) is 0 Å². The van der Waals surface area contributed by atoms with E-state index in [1.807, 2.05) is 26.2 Å². The number of aryl methyl sites for hydroxylation is 1. The summed E-state index contributed by atoms with van der Waals surface area (Å²) in [5.41, 5.74) is 0.934. The van der Waals surface area contributed by atoms with Gasteiger partial charge < -0.3 is 5.32 Å². The van der Waals surface area contributed by atoms with E-state index in [9.17, 15) is 0 Å². The molecule has 1 N–H and O–H groups in total. The zero-order valence-electron chi connectivity index (χ0n) is 8.08. The minimum Gasteiger partial charge on any atom is -0.314 e. The minimum absolute atomic E-state index is 0.339. The topological polar surface area (TPSA) is 29.9 Å². The van der Waals surface area contributed by atoms with Crippen molar-refractivity contribution in [2.75, 3.05) is 7.05 Å². The van der Waals surface area contributed by atoms with Crippen LogP contribution < -0.4 is 5.32 Å². The quantitative estimate of drug-likeness (QED) is 0.803. The van der Waals surface area contributed by atoms with Crippen LogP contribution in [0.25, 0.3) is 6.08 Å². The van der Waals surface area contributed by atoms with E-state index in [0.717, 1.165) is 5.69 Å². The first-order chi connectivity index (χ1) is 6.15. The maximum atomic E-state index is 5.92. The fourth-order valence-electron chi connectivity index (χ4n) is 0.939. The predicted octanol–water partition coefficient (Wildman–Crippen LogP) is 1.69. The van der Waals surface area contributed by atoms with E-state index in [1.54, 1.807) is 10.9 Å². The lowest BCUT2D eigenvalue weighted by Crippen LogP contribution is -2.17. The van der Waals surface area contributed by atoms with Crippen LogP contribution in [0.2, 0.25) is 5.02 Å². The third-order valence-corrected chi connectivity index (χ3v) is 2.23. The van der Waals surface area contributed by atoms with Gasteiger partial charge in [0, 0.05) is 13.1 Å². The summed E-state index contributed by atoms with van der Waals surface area (Å²) in [4.78, 5) is 0. The standard InChI is InChI=1S/C9H14ClN3/c1-7(11-2)4-5-9-8(10)6-12-13(9)3/h4-7,11H,1-3H3/b5-4+. The Morgan fingerprint density at radius 2 is 2.38 bits per heavy atom. The molecule has 0 aromatic carbocycles. The second-order valence-electron chi connectivity index (χ2n) is 2.94. The molecule has 0 saturated heterocycles. The Morgan fingerprint density at radius 1 is 1.69 bits per heavy atom. The zero-order chi connectivity index (χ0) is 9.84. The second-order valence-corrected chi connectivity index (χ2v) is 3.35. The summed E-state index contributed by atoms with van der Waals surface area (Å²) in [6.07, 6.45) is 5.66. The maximum absolute atomic E-state index is 5.92. The van der Waals surface area contributed by atoms with Crippen LogP contribution in [0.3, 0.4) is 0 Å². The Morgan fingerprint density at radius 3 is 2.85 bits per heavy atom. The van der Waals surface area contributed by atoms with Crippen molar-refractivity contribution in [2.45, 2.75) is 13.0 Å². The van der Waals surface area contributed by atoms with Crippen molar-refractivity contribution in [3.63, 3.8) is 0 Å². The highest BCUT2D eigenvalue weighted by atomic mass is 35.5. The Bertz CT molecular complexity index is 284. The van der Waals surface area contributed by atoms with Gasteiger partial charge in [-0.1, -0.05) is 17.7 Å². The average molecular weight is 200 g/mol. The summed E-state index contributed by atoms with van der Waals surface area (Å²) in [5.74, 6) is 0. The van der Waals surface area contributed by atoms with Gasteiger partial charge in [0.2, 0.25) is 0 Å². The Hall–Kier alpha value is -0.800. The highest BCUT2D eigenvalue weighted by Crippen LogP contribution is 2.15. The number of hydrogen-bond donors (Lipinski definition) is 1. The largest absolute Gasteiger partial charge is 0.314 e. The van der Waals surface area contributed by atoms with Crippen molar-refractivity contribution in [1.82, 2.24) is 15.1 Å². The highest BCUT2D eigenvalue weighted by Gasteiger charge is 2.01. The van der Waals surface area contributed by atoms with Crippen LogP contribution in [0.4, 0.5) is 0 Å². The van der Waals surface area contributed by atoms with Gasteiger partial charge in [-0.25, -0.2) is 0 Å². The number of hydrogen-bond acceptors (Lipinski definition) is 2. The first kappa shape index (κ1) is 10.3. The van der Waals surface area contributed by atoms with Gasteiger partial charge in [-0.15, -0.1) is 0 Å². The Kier molecular flexibility index (Phi) is 3.51. The zero-order valence-corrected chi connectivity index (χ0v) is 8.84. The molecule has 0 aliphatic carbocycles. The molecular formula is C9H14ClN3. The fraction of sp³-hybridized carbons (Fsp3) is 0.444. The van der Waals surface area contributed by atoms with Crippen LogP contribution in [0.1, 0.15) is 12.6 Å². The first-order valence-corrected chi connectivity index (χ1v) is 4.56. The van der Waals surface area contributed by atoms with Gasteiger partial charge in [0.05, 0.1) is 16.9 Å². The molecule has 72 valence electrons. The minimum atomic E-state index is 0.339. The number of nitrogens with zero attached hydrogens (tertiary/aromatic N) is 2. The number of nitrogens with one attached hydrogen (secondary N) is 1. The number of aromatic nitrogens is 2. The number of halogens is 1. The van der Waals surface area contributed by atoms with Gasteiger partial charge in [-0.2, -0.15) is 5.10 Å². The normalized spacial score (nSPS) is 13.8. The SMILES string of the molecule is CNC(C)/C=C/c1c(Cl)cnn1C. The summed E-state index contributed by atoms with van der Waals surface area (Å²) in [5, 5.41) is 7.82. The van der Waals surface area contributed by atoms with Crippen LogP contribution in [0.5, 0.6) is 0 Å². The lowest BCUT2D eigenvalue weighted by Gasteiger charge is -2.02. The molecule has 3 nitrogen and oxygen atoms in total. The molecule has 0 aliphatic rings. The van der Waals surface area contributed by atoms with Crippen LogP contribution >= 0.6 is 11.6 Å². The van der Waals surface area contributed by atoms with Gasteiger partial charge in [0.15, 0.2) is 0 Å². The molecule has 1 aromatic rings. The number of rotatable bonds is 3. The van der Waals surface area contributed by atoms with Crippen LogP contribution in [-0.4, -0.2) is 22.9 Å². The van der Waals surface area contributed by atoms with Crippen molar-refractivity contribution < 1.29 is 0 Å². The van der Waals surface area contributed by atoms with Gasteiger partial charge in [-0.3, -0.25) is 4.68 Å². The summed E-state index contributed by atoms with van der Waals surface area (Å²) in [7, 11) is 3.79. The van der Waals surface area contributed by atoms with Crippen LogP contribution in [-0.2, 0) is 7.05 Å². The molecule has 0 radical (unpaired) electrons. The lowest BCUT2D eigenvalue weighted by atomic mass is 10.3. The summed E-state index contributed by atoms with van der Waals surface area (Å²) >= 11 is 5.92. The Balaban J connectivity index is 2.78. The van der Waals surface area contributed by atoms with Crippen LogP contribution in [0.15, 0.2) is 12.3 Å². The Labute approximate surface area is 83.4 Å². The molecule has 1 aromatic heterocycles. The van der Waals surface area contributed by atoms with E-state index in [-0.39, 0.29) is 0 Å². The lowest BCUT2D eigenvalue weighted by molar-refractivity contribution is 0.728. The molecule has 4 heteroatoms. The van der Waals surface area contributed by atoms with E-state index in [0.29, 0.717) is 11.1 Å². The number of likely N-dealkylation sites (N-methyl/N-ethyl adjacent to an activating group) is 1. The van der Waals surface area contributed by atoms with Crippen molar-refractivity contribution in [3.05, 3.63) is 23.0 Å². The molecule has 1 atom stereocenters. The summed E-state index contributed by atoms with van der Waals surface area (Å²) in [6.45, 7) is 2.07. The van der Waals surface area contributed by atoms with Crippen molar-refractivity contribution >= 4 is 17.7 Å². The van der Waals surface area contributed by atoms with Crippen LogP contribution in [0, 0.1) is 0 Å². The highest BCUT2D eigenvalue weighted by molar-refractivity contribution is 6.31. The average Bonchev–Trinajstić information content (AvgIpc) is 2.43. The van der Waals surface area contributed by atoms with Gasteiger partial charge >= 0.3 is 0 Å². The maximum Gasteiger partial charge on any atom is 0.0859 e. The van der Waals surface area contributed by atoms with E-state index < -0.39 is 0 Å². The molecule has 0 saturated carbocycles. The molecule has 0 fully saturated rings. The second kappa shape index (κ2) is 4.44. The monoisotopic (exact) mass is 199 g/mol. The van der Waals surface area contributed by atoms with E-state index in [1.165, 1.54) is 0 Å². The molecule has 1 rings (SSSR count). The summed E-state index contributed by atoms with van der Waals surface area (Å²) in [6, 6.07) is 0.339. The molecular weight excluding hydrogens is 186 g/mol. The molecule has 0 bridgehead atoms. The van der Waals surface area contributed by atoms with Gasteiger partial charge in [0.25, 0.3) is 0 Å². The third kappa shape index (κ3) is 2.57. The van der Waals surface area contributed by atoms with Crippen molar-refractivity contribution in [2.24, 2.45) is 7.05 Å². The molecule has 13 heavy (non-hydrogen) atoms.